The first-order valence-corrected chi connectivity index (χ1v) is 18.1. The number of sulfone groups is 1. The Bertz CT molecular complexity index is 2870. The van der Waals surface area contributed by atoms with Crippen molar-refractivity contribution in [2.75, 3.05) is 0 Å². The highest BCUT2D eigenvalue weighted by Crippen LogP contribution is 2.47. The highest BCUT2D eigenvalue weighted by Gasteiger charge is 2.36. The van der Waals surface area contributed by atoms with Crippen LogP contribution in [0.5, 0.6) is 0 Å². The van der Waals surface area contributed by atoms with Crippen LogP contribution in [0.3, 0.4) is 0 Å². The van der Waals surface area contributed by atoms with Crippen LogP contribution in [0.15, 0.2) is 180 Å². The molecular formula is C45H28N2O2S. The van der Waals surface area contributed by atoms with Crippen LogP contribution >= 0.6 is 0 Å². The van der Waals surface area contributed by atoms with Gasteiger partial charge in [0.2, 0.25) is 9.84 Å². The molecular weight excluding hydrogens is 633 g/mol. The van der Waals surface area contributed by atoms with Crippen LogP contribution in [-0.4, -0.2) is 18.0 Å². The third-order valence-corrected chi connectivity index (χ3v) is 11.8. The first kappa shape index (κ1) is 28.7. The lowest BCUT2D eigenvalue weighted by Crippen LogP contribution is -2.16. The predicted molar refractivity (Wildman–Crippen MR) is 203 cm³/mol. The Kier molecular flexibility index (Phi) is 6.23. The third-order valence-electron chi connectivity index (χ3n) is 9.92. The zero-order chi connectivity index (χ0) is 33.4. The molecule has 1 aliphatic rings. The molecule has 0 aliphatic carbocycles. The summed E-state index contributed by atoms with van der Waals surface area (Å²) in [6.45, 7) is 0. The topological polar surface area (TPSA) is 52.0 Å². The number of para-hydroxylation sites is 1. The lowest BCUT2D eigenvalue weighted by molar-refractivity contribution is 0.595. The van der Waals surface area contributed by atoms with Gasteiger partial charge in [-0.2, -0.15) is 0 Å². The SMILES string of the molecule is O=S1(=O)c2c(-c3cccc(-c4c5ccccc5c(-c5ccccc5)c5ccccc45)c3)cccc2-n2c(-c3ccccc3)nc3cccc1c32. The van der Waals surface area contributed by atoms with E-state index in [9.17, 15) is 8.42 Å². The Labute approximate surface area is 289 Å². The molecule has 0 bridgehead atoms. The summed E-state index contributed by atoms with van der Waals surface area (Å²) in [5, 5.41) is 4.64. The van der Waals surface area contributed by atoms with Crippen LogP contribution in [-0.2, 0) is 9.84 Å². The molecule has 5 heteroatoms. The van der Waals surface area contributed by atoms with Crippen LogP contribution in [0.25, 0.3) is 83.0 Å². The number of hydrogen-bond acceptors (Lipinski definition) is 3. The van der Waals surface area contributed by atoms with Gasteiger partial charge in [0.1, 0.15) is 10.7 Å². The summed E-state index contributed by atoms with van der Waals surface area (Å²) in [5.41, 5.74) is 8.82. The summed E-state index contributed by atoms with van der Waals surface area (Å²) in [6.07, 6.45) is 0. The fourth-order valence-electron chi connectivity index (χ4n) is 7.85. The lowest BCUT2D eigenvalue weighted by atomic mass is 9.85. The van der Waals surface area contributed by atoms with Gasteiger partial charge in [0.15, 0.2) is 0 Å². The van der Waals surface area contributed by atoms with E-state index in [0.29, 0.717) is 33.0 Å². The average molecular weight is 661 g/mol. The van der Waals surface area contributed by atoms with Gasteiger partial charge in [0.05, 0.1) is 21.6 Å². The number of imidazole rings is 1. The van der Waals surface area contributed by atoms with Gasteiger partial charge >= 0.3 is 0 Å². The van der Waals surface area contributed by atoms with Gasteiger partial charge in [-0.3, -0.25) is 4.57 Å². The van der Waals surface area contributed by atoms with Gasteiger partial charge in [-0.05, 0) is 73.6 Å². The molecule has 0 saturated carbocycles. The fourth-order valence-corrected chi connectivity index (χ4v) is 9.68. The standard InChI is InChI=1S/C45H28N2O2S/c48-50(49)40-27-13-25-38-43(40)47(45(46-38)30-16-5-2-6-17-30)39-26-12-24-33(44(39)50)31-18-11-19-32(28-31)42-36-22-9-7-20-34(36)41(29-14-3-1-4-15-29)35-21-8-10-23-37(35)42/h1-28H. The van der Waals surface area contributed by atoms with Gasteiger partial charge in [-0.1, -0.05) is 146 Å². The van der Waals surface area contributed by atoms with Crippen LogP contribution in [0, 0.1) is 0 Å². The summed E-state index contributed by atoms with van der Waals surface area (Å²) in [4.78, 5) is 5.53. The molecule has 0 amide bonds. The van der Waals surface area contributed by atoms with Gasteiger partial charge in [0.25, 0.3) is 0 Å². The molecule has 8 aromatic carbocycles. The molecule has 0 radical (unpaired) electrons. The largest absolute Gasteiger partial charge is 0.290 e. The minimum atomic E-state index is -3.90. The number of benzene rings is 8. The monoisotopic (exact) mass is 660 g/mol. The number of nitrogens with zero attached hydrogens (tertiary/aromatic N) is 2. The maximum atomic E-state index is 14.7. The first-order valence-electron chi connectivity index (χ1n) is 16.6. The van der Waals surface area contributed by atoms with Crippen molar-refractivity contribution in [2.24, 2.45) is 0 Å². The number of hydrogen-bond donors (Lipinski definition) is 0. The molecule has 0 atom stereocenters. The quantitative estimate of drug-likeness (QED) is 0.177. The molecule has 50 heavy (non-hydrogen) atoms. The second-order valence-electron chi connectivity index (χ2n) is 12.7. The van der Waals surface area contributed by atoms with Crippen molar-refractivity contribution in [1.29, 1.82) is 0 Å². The zero-order valence-electron chi connectivity index (χ0n) is 26.8. The molecule has 0 N–H and O–H groups in total. The van der Waals surface area contributed by atoms with Gasteiger partial charge in [0, 0.05) is 11.1 Å². The molecule has 0 spiro atoms. The molecule has 1 aliphatic heterocycles. The molecule has 9 aromatic rings. The predicted octanol–water partition coefficient (Wildman–Crippen LogP) is 11.1. The van der Waals surface area contributed by atoms with E-state index in [-0.39, 0.29) is 4.90 Å². The van der Waals surface area contributed by atoms with Crippen LogP contribution in [0.4, 0.5) is 0 Å². The first-order chi connectivity index (χ1) is 24.6. The van der Waals surface area contributed by atoms with E-state index in [1.807, 2.05) is 77.4 Å². The summed E-state index contributed by atoms with van der Waals surface area (Å²) in [5.74, 6) is 0.714. The molecule has 2 heterocycles. The number of rotatable bonds is 4. The second kappa shape index (κ2) is 10.9. The van der Waals surface area contributed by atoms with Gasteiger partial charge in [-0.15, -0.1) is 0 Å². The Morgan fingerprint density at radius 3 is 1.64 bits per heavy atom. The Hall–Kier alpha value is -6.30. The highest BCUT2D eigenvalue weighted by atomic mass is 32.2. The van der Waals surface area contributed by atoms with E-state index in [1.54, 1.807) is 12.1 Å². The van der Waals surface area contributed by atoms with E-state index in [2.05, 4.69) is 84.9 Å². The van der Waals surface area contributed by atoms with E-state index >= 15 is 0 Å². The molecule has 236 valence electrons. The minimum absolute atomic E-state index is 0.272. The molecule has 4 nitrogen and oxygen atoms in total. The molecule has 10 rings (SSSR count). The highest BCUT2D eigenvalue weighted by molar-refractivity contribution is 7.92. The van der Waals surface area contributed by atoms with Gasteiger partial charge < -0.3 is 0 Å². The van der Waals surface area contributed by atoms with Crippen LogP contribution in [0.2, 0.25) is 0 Å². The Morgan fingerprint density at radius 2 is 0.980 bits per heavy atom. The molecule has 0 saturated heterocycles. The summed E-state index contributed by atoms with van der Waals surface area (Å²) in [6, 6.07) is 57.1. The van der Waals surface area contributed by atoms with Crippen LogP contribution in [0.1, 0.15) is 0 Å². The van der Waals surface area contributed by atoms with Crippen molar-refractivity contribution >= 4 is 42.4 Å². The Balaban J connectivity index is 1.24. The maximum absolute atomic E-state index is 14.7. The molecule has 0 unspecified atom stereocenters. The van der Waals surface area contributed by atoms with E-state index in [4.69, 9.17) is 4.98 Å². The van der Waals surface area contributed by atoms with Crippen molar-refractivity contribution in [3.8, 4) is 50.5 Å². The van der Waals surface area contributed by atoms with Gasteiger partial charge in [-0.25, -0.2) is 13.4 Å². The smallest absolute Gasteiger partial charge is 0.211 e. The summed E-state index contributed by atoms with van der Waals surface area (Å²) >= 11 is 0. The Morgan fingerprint density at radius 1 is 0.460 bits per heavy atom. The third kappa shape index (κ3) is 4.11. The van der Waals surface area contributed by atoms with Crippen molar-refractivity contribution in [3.05, 3.63) is 170 Å². The van der Waals surface area contributed by atoms with Crippen molar-refractivity contribution in [1.82, 2.24) is 9.55 Å². The van der Waals surface area contributed by atoms with Crippen molar-refractivity contribution in [2.45, 2.75) is 9.79 Å². The minimum Gasteiger partial charge on any atom is -0.290 e. The number of aromatic nitrogens is 2. The number of fused-ring (bicyclic) bond motifs is 4. The van der Waals surface area contributed by atoms with E-state index in [1.165, 1.54) is 21.9 Å². The second-order valence-corrected chi connectivity index (χ2v) is 14.6. The van der Waals surface area contributed by atoms with E-state index in [0.717, 1.165) is 33.0 Å². The summed E-state index contributed by atoms with van der Waals surface area (Å²) < 4.78 is 31.3. The van der Waals surface area contributed by atoms with E-state index < -0.39 is 9.84 Å². The fraction of sp³-hybridized carbons (Fsp3) is 0. The molecule has 0 fully saturated rings. The average Bonchev–Trinajstić information content (AvgIpc) is 3.57. The summed E-state index contributed by atoms with van der Waals surface area (Å²) in [7, 11) is -3.90. The maximum Gasteiger partial charge on any atom is 0.211 e. The van der Waals surface area contributed by atoms with Crippen molar-refractivity contribution < 1.29 is 8.42 Å². The zero-order valence-corrected chi connectivity index (χ0v) is 27.6. The molecule has 1 aromatic heterocycles. The van der Waals surface area contributed by atoms with Crippen LogP contribution < -0.4 is 0 Å². The normalized spacial score (nSPS) is 13.1. The van der Waals surface area contributed by atoms with Crippen molar-refractivity contribution in [3.63, 3.8) is 0 Å². The lowest BCUT2D eigenvalue weighted by Gasteiger charge is -2.24.